The number of nitrogens with zero attached hydrogens (tertiary/aromatic N) is 2. The van der Waals surface area contributed by atoms with Crippen LogP contribution in [0.2, 0.25) is 5.15 Å². The van der Waals surface area contributed by atoms with Crippen LogP contribution in [0.15, 0.2) is 0 Å². The van der Waals surface area contributed by atoms with Gasteiger partial charge in [0.05, 0.1) is 13.2 Å². The summed E-state index contributed by atoms with van der Waals surface area (Å²) in [5.74, 6) is -0.110. The third kappa shape index (κ3) is 3.05. The summed E-state index contributed by atoms with van der Waals surface area (Å²) in [6.07, 6.45) is 0.672. The highest BCUT2D eigenvalue weighted by molar-refractivity contribution is 7.17. The number of amides is 1. The molecule has 2 heterocycles. The molecule has 1 aliphatic rings. The molecule has 1 saturated heterocycles. The molecule has 1 aliphatic heterocycles. The Bertz CT molecular complexity index is 480. The van der Waals surface area contributed by atoms with Crippen molar-refractivity contribution in [2.75, 3.05) is 31.2 Å². The zero-order chi connectivity index (χ0) is 13.8. The second-order valence-electron chi connectivity index (χ2n) is 3.95. The van der Waals surface area contributed by atoms with Crippen LogP contribution in [-0.2, 0) is 9.53 Å². The zero-order valence-corrected chi connectivity index (χ0v) is 12.0. The summed E-state index contributed by atoms with van der Waals surface area (Å²) in [6, 6.07) is -0.435. The van der Waals surface area contributed by atoms with Crippen LogP contribution in [0.4, 0.5) is 5.13 Å². The van der Waals surface area contributed by atoms with Gasteiger partial charge in [-0.15, -0.1) is 0 Å². The zero-order valence-electron chi connectivity index (χ0n) is 10.4. The van der Waals surface area contributed by atoms with Gasteiger partial charge < -0.3 is 15.0 Å². The number of hydrogen-bond acceptors (Lipinski definition) is 6. The van der Waals surface area contributed by atoms with Crippen LogP contribution < -0.4 is 10.2 Å². The maximum absolute atomic E-state index is 12.0. The van der Waals surface area contributed by atoms with Gasteiger partial charge in [-0.05, 0) is 6.92 Å². The number of anilines is 1. The van der Waals surface area contributed by atoms with E-state index >= 15 is 0 Å². The van der Waals surface area contributed by atoms with Crippen molar-refractivity contribution in [2.45, 2.75) is 13.0 Å². The SMILES string of the molecule is CCNC(=O)C1COCCN1c1nc(Cl)c(C=O)s1. The number of aldehydes is 1. The average molecular weight is 304 g/mol. The topological polar surface area (TPSA) is 71.5 Å². The molecule has 19 heavy (non-hydrogen) atoms. The van der Waals surface area contributed by atoms with Crippen molar-refractivity contribution in [3.8, 4) is 0 Å². The first-order valence-corrected chi connectivity index (χ1v) is 7.10. The molecule has 0 bridgehead atoms. The van der Waals surface area contributed by atoms with Crippen molar-refractivity contribution in [3.63, 3.8) is 0 Å². The first-order valence-electron chi connectivity index (χ1n) is 5.91. The number of halogens is 1. The summed E-state index contributed by atoms with van der Waals surface area (Å²) >= 11 is 7.05. The minimum atomic E-state index is -0.435. The number of thiazole rings is 1. The highest BCUT2D eigenvalue weighted by atomic mass is 35.5. The number of likely N-dealkylation sites (N-methyl/N-ethyl adjacent to an activating group) is 1. The molecule has 1 aromatic rings. The predicted molar refractivity (Wildman–Crippen MR) is 73.1 cm³/mol. The van der Waals surface area contributed by atoms with E-state index < -0.39 is 6.04 Å². The molecule has 104 valence electrons. The van der Waals surface area contributed by atoms with Crippen molar-refractivity contribution in [2.24, 2.45) is 0 Å². The summed E-state index contributed by atoms with van der Waals surface area (Å²) < 4.78 is 5.34. The highest BCUT2D eigenvalue weighted by Gasteiger charge is 2.31. The normalized spacial score (nSPS) is 19.3. The second kappa shape index (κ2) is 6.31. The lowest BCUT2D eigenvalue weighted by atomic mass is 10.2. The molecule has 1 fully saturated rings. The maximum Gasteiger partial charge on any atom is 0.245 e. The minimum absolute atomic E-state index is 0.110. The van der Waals surface area contributed by atoms with Gasteiger partial charge in [0, 0.05) is 13.1 Å². The van der Waals surface area contributed by atoms with E-state index in [4.69, 9.17) is 16.3 Å². The summed E-state index contributed by atoms with van der Waals surface area (Å²) in [4.78, 5) is 29.1. The van der Waals surface area contributed by atoms with Gasteiger partial charge >= 0.3 is 0 Å². The number of morpholine rings is 1. The molecule has 1 atom stereocenters. The minimum Gasteiger partial charge on any atom is -0.377 e. The van der Waals surface area contributed by atoms with Crippen LogP contribution in [0.3, 0.4) is 0 Å². The molecule has 1 aromatic heterocycles. The van der Waals surface area contributed by atoms with E-state index in [9.17, 15) is 9.59 Å². The fraction of sp³-hybridized carbons (Fsp3) is 0.545. The van der Waals surface area contributed by atoms with Crippen LogP contribution in [0.25, 0.3) is 0 Å². The molecule has 0 radical (unpaired) electrons. The van der Waals surface area contributed by atoms with Gasteiger partial charge in [-0.25, -0.2) is 4.98 Å². The summed E-state index contributed by atoms with van der Waals surface area (Å²) in [6.45, 7) is 3.78. The molecule has 1 amide bonds. The van der Waals surface area contributed by atoms with Gasteiger partial charge in [0.1, 0.15) is 10.9 Å². The third-order valence-electron chi connectivity index (χ3n) is 2.73. The molecular formula is C11H14ClN3O3S. The molecule has 0 aliphatic carbocycles. The van der Waals surface area contributed by atoms with Gasteiger partial charge in [0.2, 0.25) is 5.91 Å². The standard InChI is InChI=1S/C11H14ClN3O3S/c1-2-13-10(17)7-6-18-4-3-15(7)11-14-9(12)8(5-16)19-11/h5,7H,2-4,6H2,1H3,(H,13,17). The van der Waals surface area contributed by atoms with Gasteiger partial charge in [-0.3, -0.25) is 9.59 Å². The molecule has 2 rings (SSSR count). The molecule has 0 aromatic carbocycles. The Morgan fingerprint density at radius 1 is 1.74 bits per heavy atom. The van der Waals surface area contributed by atoms with E-state index in [1.165, 1.54) is 11.3 Å². The van der Waals surface area contributed by atoms with Crippen molar-refractivity contribution in [1.29, 1.82) is 0 Å². The smallest absolute Gasteiger partial charge is 0.245 e. The Labute approximate surface area is 119 Å². The fourth-order valence-electron chi connectivity index (χ4n) is 1.84. The van der Waals surface area contributed by atoms with E-state index in [1.807, 2.05) is 11.8 Å². The van der Waals surface area contributed by atoms with Crippen molar-refractivity contribution in [3.05, 3.63) is 10.0 Å². The number of ether oxygens (including phenoxy) is 1. The van der Waals surface area contributed by atoms with Crippen molar-refractivity contribution in [1.82, 2.24) is 10.3 Å². The van der Waals surface area contributed by atoms with Gasteiger partial charge in [0.15, 0.2) is 16.6 Å². The van der Waals surface area contributed by atoms with Gasteiger partial charge in [-0.2, -0.15) is 0 Å². The number of carbonyl (C=O) groups is 2. The lowest BCUT2D eigenvalue weighted by Gasteiger charge is -2.34. The molecule has 1 N–H and O–H groups in total. The summed E-state index contributed by atoms with van der Waals surface area (Å²) in [5, 5.41) is 3.52. The Morgan fingerprint density at radius 3 is 3.16 bits per heavy atom. The summed E-state index contributed by atoms with van der Waals surface area (Å²) in [7, 11) is 0. The fourth-order valence-corrected chi connectivity index (χ4v) is 2.98. The highest BCUT2D eigenvalue weighted by Crippen LogP contribution is 2.30. The summed E-state index contributed by atoms with van der Waals surface area (Å²) in [5.41, 5.74) is 0. The number of hydrogen-bond donors (Lipinski definition) is 1. The average Bonchev–Trinajstić information content (AvgIpc) is 2.80. The lowest BCUT2D eigenvalue weighted by Crippen LogP contribution is -2.54. The predicted octanol–water partition coefficient (Wildman–Crippen LogP) is 0.950. The number of carbonyl (C=O) groups excluding carboxylic acids is 2. The molecule has 8 heteroatoms. The van der Waals surface area contributed by atoms with Crippen LogP contribution in [0.5, 0.6) is 0 Å². The number of aromatic nitrogens is 1. The Kier molecular flexibility index (Phi) is 4.73. The van der Waals surface area contributed by atoms with Crippen LogP contribution in [-0.4, -0.2) is 49.5 Å². The first-order chi connectivity index (χ1) is 9.17. The quantitative estimate of drug-likeness (QED) is 0.839. The Morgan fingerprint density at radius 2 is 2.53 bits per heavy atom. The molecule has 1 unspecified atom stereocenters. The van der Waals surface area contributed by atoms with E-state index in [-0.39, 0.29) is 11.1 Å². The Balaban J connectivity index is 2.23. The first kappa shape index (κ1) is 14.2. The largest absolute Gasteiger partial charge is 0.377 e. The molecule has 0 saturated carbocycles. The van der Waals surface area contributed by atoms with Gasteiger partial charge in [-0.1, -0.05) is 22.9 Å². The monoisotopic (exact) mass is 303 g/mol. The number of rotatable bonds is 4. The van der Waals surface area contributed by atoms with Crippen LogP contribution >= 0.6 is 22.9 Å². The number of nitrogens with one attached hydrogen (secondary N) is 1. The third-order valence-corrected chi connectivity index (χ3v) is 4.15. The molecular weight excluding hydrogens is 290 g/mol. The Hall–Kier alpha value is -1.18. The maximum atomic E-state index is 12.0. The van der Waals surface area contributed by atoms with E-state index in [0.717, 1.165) is 0 Å². The van der Waals surface area contributed by atoms with Crippen molar-refractivity contribution >= 4 is 40.3 Å². The van der Waals surface area contributed by atoms with Gasteiger partial charge in [0.25, 0.3) is 0 Å². The molecule has 6 nitrogen and oxygen atoms in total. The van der Waals surface area contributed by atoms with E-state index in [1.54, 1.807) is 0 Å². The lowest BCUT2D eigenvalue weighted by molar-refractivity contribution is -0.124. The van der Waals surface area contributed by atoms with Crippen LogP contribution in [0, 0.1) is 0 Å². The second-order valence-corrected chi connectivity index (χ2v) is 5.32. The van der Waals surface area contributed by atoms with E-state index in [0.29, 0.717) is 42.6 Å². The molecule has 0 spiro atoms. The van der Waals surface area contributed by atoms with Crippen molar-refractivity contribution < 1.29 is 14.3 Å². The van der Waals surface area contributed by atoms with Crippen LogP contribution in [0.1, 0.15) is 16.6 Å². The van der Waals surface area contributed by atoms with E-state index in [2.05, 4.69) is 10.3 Å².